The monoisotopic (exact) mass is 591 g/mol. The highest BCUT2D eigenvalue weighted by molar-refractivity contribution is 5.73. The van der Waals surface area contributed by atoms with Crippen molar-refractivity contribution in [3.05, 3.63) is 87.6 Å². The van der Waals surface area contributed by atoms with Gasteiger partial charge in [0.05, 0.1) is 11.1 Å². The maximum absolute atomic E-state index is 13.6. The highest BCUT2D eigenvalue weighted by Crippen LogP contribution is 2.48. The van der Waals surface area contributed by atoms with Crippen molar-refractivity contribution in [2.24, 2.45) is 5.41 Å². The fourth-order valence-electron chi connectivity index (χ4n) is 6.73. The van der Waals surface area contributed by atoms with Gasteiger partial charge in [0, 0.05) is 24.2 Å². The van der Waals surface area contributed by atoms with E-state index in [0.717, 1.165) is 49.9 Å². The van der Waals surface area contributed by atoms with Crippen LogP contribution < -0.4 is 0 Å². The predicted octanol–water partition coefficient (Wildman–Crippen LogP) is 11.2. The Morgan fingerprint density at radius 2 is 1.60 bits per heavy atom. The first-order valence-corrected chi connectivity index (χ1v) is 15.0. The van der Waals surface area contributed by atoms with Crippen LogP contribution in [0.3, 0.4) is 0 Å². The summed E-state index contributed by atoms with van der Waals surface area (Å²) in [5.74, 6) is -0.141. The van der Waals surface area contributed by atoms with Crippen LogP contribution >= 0.6 is 0 Å². The molecule has 0 spiro atoms. The number of benzene rings is 2. The third-order valence-electron chi connectivity index (χ3n) is 9.74. The van der Waals surface area contributed by atoms with Crippen LogP contribution in [0.5, 0.6) is 0 Å². The molecule has 2 aromatic carbocycles. The van der Waals surface area contributed by atoms with Crippen molar-refractivity contribution in [3.8, 4) is 0 Å². The van der Waals surface area contributed by atoms with E-state index in [1.807, 2.05) is 6.92 Å². The second-order valence-corrected chi connectivity index (χ2v) is 12.9. The Bertz CT molecular complexity index is 1320. The van der Waals surface area contributed by atoms with Crippen LogP contribution in [0.15, 0.2) is 54.2 Å². The van der Waals surface area contributed by atoms with E-state index in [-0.39, 0.29) is 23.1 Å². The first kappa shape index (κ1) is 32.2. The molecule has 1 saturated heterocycles. The molecule has 0 N–H and O–H groups in total. The third kappa shape index (κ3) is 6.60. The van der Waals surface area contributed by atoms with Crippen LogP contribution in [0, 0.1) is 5.41 Å². The lowest BCUT2D eigenvalue weighted by molar-refractivity contribution is -0.143. The van der Waals surface area contributed by atoms with E-state index in [2.05, 4.69) is 64.3 Å². The molecule has 2 aromatic rings. The van der Waals surface area contributed by atoms with Gasteiger partial charge in [0.25, 0.3) is 0 Å². The van der Waals surface area contributed by atoms with Gasteiger partial charge in [0.1, 0.15) is 0 Å². The van der Waals surface area contributed by atoms with Gasteiger partial charge in [-0.3, -0.25) is 0 Å². The number of alkyl halides is 6. The molecular weight excluding hydrogens is 548 g/mol. The van der Waals surface area contributed by atoms with Crippen molar-refractivity contribution < 1.29 is 26.3 Å². The molecular formula is C35H43F6N. The van der Waals surface area contributed by atoms with E-state index in [9.17, 15) is 26.3 Å². The summed E-state index contributed by atoms with van der Waals surface area (Å²) in [7, 11) is 0. The highest BCUT2D eigenvalue weighted by atomic mass is 19.4. The SMILES string of the molecule is C=C1CC(c2cc(C(F)(F)F)cc(C(F)(F)F)c2)C(C)N1CC1=C(c2cc(C(C)C)ccc2CC)CCC(C)(CC)C1. The highest BCUT2D eigenvalue weighted by Gasteiger charge is 2.41. The number of hydrogen-bond donors (Lipinski definition) is 0. The first-order valence-electron chi connectivity index (χ1n) is 15.0. The second-order valence-electron chi connectivity index (χ2n) is 12.9. The second kappa shape index (κ2) is 11.8. The summed E-state index contributed by atoms with van der Waals surface area (Å²) in [6, 6.07) is 8.41. The molecule has 230 valence electrons. The Morgan fingerprint density at radius 3 is 2.12 bits per heavy atom. The van der Waals surface area contributed by atoms with Crippen LogP contribution in [-0.2, 0) is 18.8 Å². The number of aryl methyl sites for hydroxylation is 1. The molecule has 0 aromatic heterocycles. The lowest BCUT2D eigenvalue weighted by Gasteiger charge is -2.39. The molecule has 3 atom stereocenters. The van der Waals surface area contributed by atoms with Gasteiger partial charge in [0.15, 0.2) is 0 Å². The standard InChI is InChI=1S/C35H43F6N/c1-8-24-10-11-25(21(3)4)17-32(24)30-12-13-33(7,9-2)19-27(30)20-42-22(5)14-31(23(42)6)26-15-28(34(36,37)38)18-29(16-26)35(39,40)41/h10-11,15-18,21,23,31H,5,8-9,12-14,19-20H2,1-4,6-7H3. The minimum Gasteiger partial charge on any atom is -0.368 e. The van der Waals surface area contributed by atoms with Gasteiger partial charge in [-0.25, -0.2) is 0 Å². The molecule has 4 rings (SSSR count). The predicted molar refractivity (Wildman–Crippen MR) is 158 cm³/mol. The quantitative estimate of drug-likeness (QED) is 0.290. The number of halogens is 6. The Kier molecular flexibility index (Phi) is 9.02. The van der Waals surface area contributed by atoms with Crippen LogP contribution in [0.25, 0.3) is 5.57 Å². The number of likely N-dealkylation sites (tertiary alicyclic amines) is 1. The molecule has 1 aliphatic carbocycles. The van der Waals surface area contributed by atoms with Crippen molar-refractivity contribution in [2.75, 3.05) is 6.54 Å². The van der Waals surface area contributed by atoms with Crippen LogP contribution in [-0.4, -0.2) is 17.5 Å². The molecule has 42 heavy (non-hydrogen) atoms. The zero-order valence-electron chi connectivity index (χ0n) is 25.6. The maximum atomic E-state index is 13.6. The molecule has 0 saturated carbocycles. The lowest BCUT2D eigenvalue weighted by Crippen LogP contribution is -2.33. The summed E-state index contributed by atoms with van der Waals surface area (Å²) in [5.41, 5.74) is 4.89. The zero-order valence-corrected chi connectivity index (χ0v) is 25.6. The Hall–Kier alpha value is -2.70. The Morgan fingerprint density at radius 1 is 0.976 bits per heavy atom. The van der Waals surface area contributed by atoms with E-state index in [4.69, 9.17) is 0 Å². The van der Waals surface area contributed by atoms with Gasteiger partial charge in [-0.15, -0.1) is 0 Å². The normalized spacial score (nSPS) is 23.8. The number of allylic oxidation sites excluding steroid dienone is 2. The molecule has 0 amide bonds. The van der Waals surface area contributed by atoms with Gasteiger partial charge in [0.2, 0.25) is 0 Å². The fraction of sp³-hybridized carbons (Fsp3) is 0.543. The fourth-order valence-corrected chi connectivity index (χ4v) is 6.73. The summed E-state index contributed by atoms with van der Waals surface area (Å²) in [6.07, 6.45) is -4.59. The molecule has 0 bridgehead atoms. The van der Waals surface area contributed by atoms with Crippen LogP contribution in [0.1, 0.15) is 119 Å². The van der Waals surface area contributed by atoms with E-state index in [1.54, 1.807) is 0 Å². The summed E-state index contributed by atoms with van der Waals surface area (Å²) in [5, 5.41) is 0. The van der Waals surface area contributed by atoms with Gasteiger partial charge in [-0.2, -0.15) is 26.3 Å². The largest absolute Gasteiger partial charge is 0.416 e. The average Bonchev–Trinajstić information content (AvgIpc) is 3.20. The van der Waals surface area contributed by atoms with E-state index >= 15 is 0 Å². The molecule has 1 aliphatic heterocycles. The average molecular weight is 592 g/mol. The summed E-state index contributed by atoms with van der Waals surface area (Å²) < 4.78 is 81.8. The number of nitrogens with zero attached hydrogens (tertiary/aromatic N) is 1. The molecule has 2 aliphatic rings. The molecule has 3 unspecified atom stereocenters. The summed E-state index contributed by atoms with van der Waals surface area (Å²) in [6.45, 7) is 17.8. The van der Waals surface area contributed by atoms with Crippen molar-refractivity contribution in [1.29, 1.82) is 0 Å². The Labute approximate surface area is 246 Å². The smallest absolute Gasteiger partial charge is 0.368 e. The lowest BCUT2D eigenvalue weighted by atomic mass is 9.69. The van der Waals surface area contributed by atoms with Crippen molar-refractivity contribution in [3.63, 3.8) is 0 Å². The summed E-state index contributed by atoms with van der Waals surface area (Å²) >= 11 is 0. The van der Waals surface area contributed by atoms with Crippen molar-refractivity contribution >= 4 is 5.57 Å². The molecule has 1 fully saturated rings. The van der Waals surface area contributed by atoms with Crippen LogP contribution in [0.2, 0.25) is 0 Å². The number of rotatable bonds is 7. The molecule has 7 heteroatoms. The third-order valence-corrected chi connectivity index (χ3v) is 9.74. The Balaban J connectivity index is 1.76. The van der Waals surface area contributed by atoms with Gasteiger partial charge in [-0.1, -0.05) is 65.8 Å². The molecule has 1 heterocycles. The van der Waals surface area contributed by atoms with Gasteiger partial charge in [-0.05, 0) is 102 Å². The molecule has 0 radical (unpaired) electrons. The van der Waals surface area contributed by atoms with Gasteiger partial charge < -0.3 is 4.90 Å². The van der Waals surface area contributed by atoms with E-state index < -0.39 is 29.4 Å². The number of hydrogen-bond acceptors (Lipinski definition) is 1. The maximum Gasteiger partial charge on any atom is 0.416 e. The van der Waals surface area contributed by atoms with Crippen molar-refractivity contribution in [1.82, 2.24) is 4.90 Å². The minimum absolute atomic E-state index is 0.0578. The van der Waals surface area contributed by atoms with E-state index in [1.165, 1.54) is 27.8 Å². The zero-order chi connectivity index (χ0) is 31.2. The van der Waals surface area contributed by atoms with Crippen molar-refractivity contribution in [2.45, 2.75) is 110 Å². The first-order chi connectivity index (χ1) is 19.5. The van der Waals surface area contributed by atoms with Crippen LogP contribution in [0.4, 0.5) is 26.3 Å². The molecule has 1 nitrogen and oxygen atoms in total. The summed E-state index contributed by atoms with van der Waals surface area (Å²) in [4.78, 5) is 2.12. The minimum atomic E-state index is -4.87. The topological polar surface area (TPSA) is 3.24 Å². The van der Waals surface area contributed by atoms with Gasteiger partial charge >= 0.3 is 12.4 Å². The van der Waals surface area contributed by atoms with E-state index in [0.29, 0.717) is 18.9 Å².